The Hall–Kier alpha value is -2.92. The fourth-order valence-corrected chi connectivity index (χ4v) is 3.81. The quantitative estimate of drug-likeness (QED) is 0.774. The van der Waals surface area contributed by atoms with E-state index in [4.69, 9.17) is 0 Å². The molecule has 0 bridgehead atoms. The number of hydrogen-bond donors (Lipinski definition) is 1. The Labute approximate surface area is 149 Å². The molecule has 124 valence electrons. The number of para-hydroxylation sites is 1. The van der Waals surface area contributed by atoms with Crippen LogP contribution in [0.2, 0.25) is 0 Å². The number of fused-ring (bicyclic) bond motifs is 1. The number of nitrogens with one attached hydrogen (secondary N) is 1. The van der Waals surface area contributed by atoms with E-state index < -0.39 is 0 Å². The molecule has 25 heavy (non-hydrogen) atoms. The van der Waals surface area contributed by atoms with E-state index in [-0.39, 0.29) is 18.4 Å². The number of amides is 2. The molecule has 4 rings (SSSR count). The highest BCUT2D eigenvalue weighted by Gasteiger charge is 2.28. The van der Waals surface area contributed by atoms with Gasteiger partial charge in [0.1, 0.15) is 6.54 Å². The molecule has 0 saturated heterocycles. The summed E-state index contributed by atoms with van der Waals surface area (Å²) in [5.74, 6) is -0.276. The fraction of sp³-hybridized carbons (Fsp3) is 0.100. The minimum atomic E-state index is -0.190. The maximum Gasteiger partial charge on any atom is 0.254 e. The van der Waals surface area contributed by atoms with Crippen molar-refractivity contribution in [1.29, 1.82) is 0 Å². The zero-order chi connectivity index (χ0) is 17.2. The van der Waals surface area contributed by atoms with Gasteiger partial charge in [0.25, 0.3) is 5.91 Å². The lowest BCUT2D eigenvalue weighted by Crippen LogP contribution is -2.33. The van der Waals surface area contributed by atoms with Gasteiger partial charge in [-0.05, 0) is 29.1 Å². The van der Waals surface area contributed by atoms with Gasteiger partial charge >= 0.3 is 0 Å². The van der Waals surface area contributed by atoms with Gasteiger partial charge in [0.2, 0.25) is 5.91 Å². The summed E-state index contributed by atoms with van der Waals surface area (Å²) in [5, 5.41) is 4.95. The van der Waals surface area contributed by atoms with Gasteiger partial charge in [-0.15, -0.1) is 11.3 Å². The molecule has 0 spiro atoms. The molecular weight excluding hydrogens is 332 g/mol. The van der Waals surface area contributed by atoms with Crippen molar-refractivity contribution in [3.63, 3.8) is 0 Å². The van der Waals surface area contributed by atoms with Crippen LogP contribution in [0.25, 0.3) is 10.4 Å². The van der Waals surface area contributed by atoms with Crippen LogP contribution < -0.4 is 5.32 Å². The van der Waals surface area contributed by atoms with Crippen LogP contribution >= 0.6 is 11.3 Å². The zero-order valence-corrected chi connectivity index (χ0v) is 14.3. The monoisotopic (exact) mass is 348 g/mol. The molecule has 1 aliphatic rings. The number of carbonyl (C=O) groups excluding carboxylic acids is 2. The Morgan fingerprint density at radius 1 is 1.00 bits per heavy atom. The molecule has 2 aromatic carbocycles. The summed E-state index contributed by atoms with van der Waals surface area (Å²) in [6, 6.07) is 19.2. The summed E-state index contributed by atoms with van der Waals surface area (Å²) >= 11 is 1.63. The second kappa shape index (κ2) is 6.53. The fourth-order valence-electron chi connectivity index (χ4n) is 3.04. The average molecular weight is 348 g/mol. The van der Waals surface area contributed by atoms with Crippen LogP contribution in [0.4, 0.5) is 5.69 Å². The number of anilines is 1. The van der Waals surface area contributed by atoms with Gasteiger partial charge in [0, 0.05) is 28.2 Å². The van der Waals surface area contributed by atoms with Crippen molar-refractivity contribution in [3.05, 3.63) is 77.2 Å². The van der Waals surface area contributed by atoms with E-state index in [1.807, 2.05) is 66.0 Å². The molecule has 1 N–H and O–H groups in total. The molecule has 4 nitrogen and oxygen atoms in total. The lowest BCUT2D eigenvalue weighted by molar-refractivity contribution is -0.116. The number of nitrogens with zero attached hydrogens (tertiary/aromatic N) is 1. The van der Waals surface area contributed by atoms with Crippen molar-refractivity contribution in [3.8, 4) is 10.4 Å². The minimum absolute atomic E-state index is 0.0479. The van der Waals surface area contributed by atoms with Gasteiger partial charge in [-0.25, -0.2) is 0 Å². The smallest absolute Gasteiger partial charge is 0.254 e. The van der Waals surface area contributed by atoms with Crippen LogP contribution in [0.15, 0.2) is 66.0 Å². The summed E-state index contributed by atoms with van der Waals surface area (Å²) in [6.07, 6.45) is 0. The largest absolute Gasteiger partial charge is 0.325 e. The third-order valence-electron chi connectivity index (χ3n) is 4.22. The van der Waals surface area contributed by atoms with E-state index in [2.05, 4.69) is 5.32 Å². The van der Waals surface area contributed by atoms with Crippen molar-refractivity contribution in [2.24, 2.45) is 0 Å². The van der Waals surface area contributed by atoms with Crippen molar-refractivity contribution in [1.82, 2.24) is 4.90 Å². The average Bonchev–Trinajstić information content (AvgIpc) is 3.25. The molecule has 3 aromatic rings. The molecule has 1 aliphatic heterocycles. The SMILES string of the molecule is O=C(CN1Cc2ccccc2C1=O)Nc1ccccc1-c1cccs1. The van der Waals surface area contributed by atoms with Crippen molar-refractivity contribution in [2.45, 2.75) is 6.54 Å². The molecule has 5 heteroatoms. The number of carbonyl (C=O) groups is 2. The first-order valence-electron chi connectivity index (χ1n) is 8.02. The first kappa shape index (κ1) is 15.6. The standard InChI is InChI=1S/C20H16N2O2S/c23-19(13-22-12-14-6-1-2-7-15(14)20(22)24)21-17-9-4-3-8-16(17)18-10-5-11-25-18/h1-11H,12-13H2,(H,21,23). The maximum absolute atomic E-state index is 12.5. The lowest BCUT2D eigenvalue weighted by Gasteiger charge is -2.16. The summed E-state index contributed by atoms with van der Waals surface area (Å²) in [6.45, 7) is 0.529. The second-order valence-electron chi connectivity index (χ2n) is 5.89. The minimum Gasteiger partial charge on any atom is -0.325 e. The van der Waals surface area contributed by atoms with Crippen LogP contribution in [-0.2, 0) is 11.3 Å². The molecule has 0 radical (unpaired) electrons. The first-order chi connectivity index (χ1) is 12.2. The van der Waals surface area contributed by atoms with Gasteiger partial charge in [-0.1, -0.05) is 42.5 Å². The molecule has 0 atom stereocenters. The Morgan fingerprint density at radius 2 is 1.76 bits per heavy atom. The van der Waals surface area contributed by atoms with Gasteiger partial charge < -0.3 is 10.2 Å². The van der Waals surface area contributed by atoms with Crippen LogP contribution in [-0.4, -0.2) is 23.3 Å². The van der Waals surface area contributed by atoms with E-state index in [0.717, 1.165) is 21.7 Å². The number of hydrogen-bond acceptors (Lipinski definition) is 3. The predicted molar refractivity (Wildman–Crippen MR) is 99.6 cm³/mol. The number of rotatable bonds is 4. The van der Waals surface area contributed by atoms with E-state index in [0.29, 0.717) is 12.1 Å². The second-order valence-corrected chi connectivity index (χ2v) is 6.84. The highest BCUT2D eigenvalue weighted by Crippen LogP contribution is 2.31. The zero-order valence-electron chi connectivity index (χ0n) is 13.4. The summed E-state index contributed by atoms with van der Waals surface area (Å²) in [7, 11) is 0. The van der Waals surface area contributed by atoms with E-state index in [9.17, 15) is 9.59 Å². The molecule has 0 unspecified atom stereocenters. The van der Waals surface area contributed by atoms with E-state index in [1.165, 1.54) is 0 Å². The van der Waals surface area contributed by atoms with Gasteiger partial charge in [0.05, 0.1) is 0 Å². The van der Waals surface area contributed by atoms with Crippen LogP contribution in [0.3, 0.4) is 0 Å². The van der Waals surface area contributed by atoms with Gasteiger partial charge in [-0.2, -0.15) is 0 Å². The highest BCUT2D eigenvalue weighted by molar-refractivity contribution is 7.13. The lowest BCUT2D eigenvalue weighted by atomic mass is 10.1. The molecule has 0 saturated carbocycles. The Balaban J connectivity index is 1.49. The third kappa shape index (κ3) is 3.06. The normalized spacial score (nSPS) is 13.0. The third-order valence-corrected chi connectivity index (χ3v) is 5.12. The Kier molecular flexibility index (Phi) is 4.07. The van der Waals surface area contributed by atoms with E-state index in [1.54, 1.807) is 16.2 Å². The van der Waals surface area contributed by atoms with Gasteiger partial charge in [-0.3, -0.25) is 9.59 Å². The van der Waals surface area contributed by atoms with Crippen LogP contribution in [0, 0.1) is 0 Å². The molecular formula is C20H16N2O2S. The van der Waals surface area contributed by atoms with Crippen molar-refractivity contribution in [2.75, 3.05) is 11.9 Å². The molecule has 1 aromatic heterocycles. The molecule has 0 aliphatic carbocycles. The van der Waals surface area contributed by atoms with Crippen LogP contribution in [0.5, 0.6) is 0 Å². The predicted octanol–water partition coefficient (Wildman–Crippen LogP) is 4.01. The number of thiophene rings is 1. The van der Waals surface area contributed by atoms with Gasteiger partial charge in [0.15, 0.2) is 0 Å². The van der Waals surface area contributed by atoms with E-state index >= 15 is 0 Å². The summed E-state index contributed by atoms with van der Waals surface area (Å²) in [5.41, 5.74) is 3.41. The molecule has 0 fully saturated rings. The Bertz CT molecular complexity index is 934. The molecule has 2 amide bonds. The summed E-state index contributed by atoms with van der Waals surface area (Å²) < 4.78 is 0. The van der Waals surface area contributed by atoms with Crippen molar-refractivity contribution < 1.29 is 9.59 Å². The first-order valence-corrected chi connectivity index (χ1v) is 8.90. The van der Waals surface area contributed by atoms with Crippen molar-refractivity contribution >= 4 is 28.8 Å². The highest BCUT2D eigenvalue weighted by atomic mass is 32.1. The molecule has 2 heterocycles. The maximum atomic E-state index is 12.5. The Morgan fingerprint density at radius 3 is 2.52 bits per heavy atom. The van der Waals surface area contributed by atoms with Crippen LogP contribution in [0.1, 0.15) is 15.9 Å². The topological polar surface area (TPSA) is 49.4 Å². The summed E-state index contributed by atoms with van der Waals surface area (Å²) in [4.78, 5) is 27.5. The number of benzene rings is 2.